The Hall–Kier alpha value is -3.72. The van der Waals surface area contributed by atoms with Crippen LogP contribution in [0.3, 0.4) is 0 Å². The maximum Gasteiger partial charge on any atom is 0.270 e. The van der Waals surface area contributed by atoms with Crippen LogP contribution in [0.25, 0.3) is 34.3 Å². The summed E-state index contributed by atoms with van der Waals surface area (Å²) in [6.07, 6.45) is 1.62. The maximum absolute atomic E-state index is 6.03. The van der Waals surface area contributed by atoms with E-state index in [2.05, 4.69) is 46.1 Å². The summed E-state index contributed by atoms with van der Waals surface area (Å²) in [4.78, 5) is 8.90. The molecule has 2 heterocycles. The highest BCUT2D eigenvalue weighted by Gasteiger charge is 2.18. The summed E-state index contributed by atoms with van der Waals surface area (Å²) in [6.45, 7) is 4.23. The Balaban J connectivity index is 1.78. The monoisotopic (exact) mass is 355 g/mol. The van der Waals surface area contributed by atoms with Gasteiger partial charge in [-0.3, -0.25) is 0 Å². The topological polar surface area (TPSA) is 90.7 Å². The molecule has 2 aromatic heterocycles. The molecule has 6 nitrogen and oxygen atoms in total. The van der Waals surface area contributed by atoms with Crippen LogP contribution in [0.4, 0.5) is 5.82 Å². The van der Waals surface area contributed by atoms with E-state index in [0.29, 0.717) is 23.2 Å². The van der Waals surface area contributed by atoms with Crippen molar-refractivity contribution >= 4 is 5.82 Å². The summed E-state index contributed by atoms with van der Waals surface area (Å²) in [7, 11) is 0. The number of benzene rings is 1. The quantitative estimate of drug-likeness (QED) is 0.591. The van der Waals surface area contributed by atoms with E-state index in [-0.39, 0.29) is 11.7 Å². The van der Waals surface area contributed by atoms with Gasteiger partial charge in [-0.15, -0.1) is 10.2 Å². The molecular weight excluding hydrogens is 338 g/mol. The highest BCUT2D eigenvalue weighted by molar-refractivity contribution is 5.69. The second-order valence-electron chi connectivity index (χ2n) is 6.36. The van der Waals surface area contributed by atoms with E-state index >= 15 is 0 Å². The Morgan fingerprint density at radius 2 is 1.81 bits per heavy atom. The predicted octanol–water partition coefficient (Wildman–Crippen LogP) is 4.17. The molecule has 0 saturated carbocycles. The van der Waals surface area contributed by atoms with Crippen LogP contribution >= 0.6 is 0 Å². The summed E-state index contributed by atoms with van der Waals surface area (Å²) in [6, 6.07) is 19.5. The minimum atomic E-state index is 0.228. The lowest BCUT2D eigenvalue weighted by Crippen LogP contribution is -2.00. The van der Waals surface area contributed by atoms with Gasteiger partial charge in [-0.1, -0.05) is 44.2 Å². The van der Waals surface area contributed by atoms with Crippen LogP contribution < -0.4 is 5.73 Å². The Bertz CT molecular complexity index is 1070. The standard InChI is InChI=1S/C21H17N5O/c1-13(2)15-10-6-7-11-16(15)17-12-23-19(22)18(24-17)21-26-25-20(27-21)14-8-4-3-5-9-14/h3-6,8-10,12-13H,1-2H3,(H2,22,23). The maximum atomic E-state index is 6.03. The Kier molecular flexibility index (Phi) is 4.27. The fraction of sp³-hybridized carbons (Fsp3) is 0.143. The molecule has 0 atom stereocenters. The fourth-order valence-corrected chi connectivity index (χ4v) is 2.79. The van der Waals surface area contributed by atoms with E-state index in [1.54, 1.807) is 6.20 Å². The Morgan fingerprint density at radius 1 is 1.04 bits per heavy atom. The van der Waals surface area contributed by atoms with Gasteiger partial charge >= 0.3 is 0 Å². The van der Waals surface area contributed by atoms with Gasteiger partial charge in [0.15, 0.2) is 11.5 Å². The van der Waals surface area contributed by atoms with Crippen LogP contribution in [0, 0.1) is 12.1 Å². The molecule has 132 valence electrons. The van der Waals surface area contributed by atoms with Gasteiger partial charge in [0.2, 0.25) is 5.89 Å². The molecule has 0 spiro atoms. The summed E-state index contributed by atoms with van der Waals surface area (Å²) < 4.78 is 5.78. The lowest BCUT2D eigenvalue weighted by atomic mass is 9.97. The smallest absolute Gasteiger partial charge is 0.270 e. The Morgan fingerprint density at radius 3 is 2.59 bits per heavy atom. The summed E-state index contributed by atoms with van der Waals surface area (Å²) >= 11 is 0. The molecular formula is C21H17N5O. The molecule has 0 aliphatic rings. The van der Waals surface area contributed by atoms with Crippen molar-refractivity contribution in [2.75, 3.05) is 5.73 Å². The van der Waals surface area contributed by atoms with Crippen molar-refractivity contribution < 1.29 is 4.42 Å². The third kappa shape index (κ3) is 3.23. The van der Waals surface area contributed by atoms with E-state index < -0.39 is 0 Å². The first-order valence-electron chi connectivity index (χ1n) is 8.58. The SMILES string of the molecule is CC(C)c1ccc#cc1-c1cnc(N)c(-c2nnc(-c3ccccc3)o2)n1. The normalized spacial score (nSPS) is 10.8. The molecule has 0 fully saturated rings. The second-order valence-corrected chi connectivity index (χ2v) is 6.36. The van der Waals surface area contributed by atoms with Crippen molar-refractivity contribution in [3.63, 3.8) is 0 Å². The summed E-state index contributed by atoms with van der Waals surface area (Å²) in [5, 5.41) is 8.20. The van der Waals surface area contributed by atoms with Gasteiger partial charge in [0.25, 0.3) is 5.89 Å². The van der Waals surface area contributed by atoms with E-state index in [4.69, 9.17) is 10.2 Å². The van der Waals surface area contributed by atoms with Gasteiger partial charge in [-0.05, 0) is 35.7 Å². The number of nitrogens with two attached hydrogens (primary N) is 1. The highest BCUT2D eigenvalue weighted by Crippen LogP contribution is 2.30. The molecule has 2 aromatic carbocycles. The number of hydrogen-bond acceptors (Lipinski definition) is 6. The number of rotatable bonds is 4. The van der Waals surface area contributed by atoms with Gasteiger partial charge in [0.05, 0.1) is 17.5 Å². The van der Waals surface area contributed by atoms with Crippen molar-refractivity contribution in [1.29, 1.82) is 0 Å². The minimum Gasteiger partial charge on any atom is -0.414 e. The first-order chi connectivity index (χ1) is 13.1. The number of nitrogens with zero attached hydrogens (tertiary/aromatic N) is 4. The molecule has 27 heavy (non-hydrogen) atoms. The highest BCUT2D eigenvalue weighted by atomic mass is 16.4. The van der Waals surface area contributed by atoms with E-state index in [1.165, 1.54) is 0 Å². The van der Waals surface area contributed by atoms with Gasteiger partial charge in [-0.25, -0.2) is 9.97 Å². The summed E-state index contributed by atoms with van der Waals surface area (Å²) in [5.74, 6) is 1.17. The zero-order valence-electron chi connectivity index (χ0n) is 15.0. The lowest BCUT2D eigenvalue weighted by molar-refractivity contribution is 0.582. The zero-order chi connectivity index (χ0) is 18.8. The molecule has 2 N–H and O–H groups in total. The third-order valence-electron chi connectivity index (χ3n) is 4.16. The third-order valence-corrected chi connectivity index (χ3v) is 4.16. The molecule has 0 saturated heterocycles. The molecule has 0 bridgehead atoms. The molecule has 4 rings (SSSR count). The second kappa shape index (κ2) is 6.89. The first-order valence-corrected chi connectivity index (χ1v) is 8.58. The van der Waals surface area contributed by atoms with Gasteiger partial charge in [0, 0.05) is 5.56 Å². The van der Waals surface area contributed by atoms with E-state index in [0.717, 1.165) is 16.7 Å². The van der Waals surface area contributed by atoms with Gasteiger partial charge in [0.1, 0.15) is 0 Å². The molecule has 0 radical (unpaired) electrons. The number of hydrogen-bond donors (Lipinski definition) is 1. The Labute approximate surface area is 157 Å². The van der Waals surface area contributed by atoms with E-state index in [9.17, 15) is 0 Å². The van der Waals surface area contributed by atoms with Crippen molar-refractivity contribution in [2.24, 2.45) is 0 Å². The molecule has 4 aromatic rings. The number of nitrogen functional groups attached to an aromatic ring is 1. The van der Waals surface area contributed by atoms with Crippen molar-refractivity contribution in [1.82, 2.24) is 20.2 Å². The average molecular weight is 355 g/mol. The van der Waals surface area contributed by atoms with Gasteiger partial charge in [-0.2, -0.15) is 0 Å². The van der Waals surface area contributed by atoms with Crippen molar-refractivity contribution in [3.05, 3.63) is 66.4 Å². The number of anilines is 1. The molecule has 0 amide bonds. The molecule has 0 unspecified atom stereocenters. The van der Waals surface area contributed by atoms with Crippen LogP contribution in [0.15, 0.2) is 53.1 Å². The van der Waals surface area contributed by atoms with Crippen LogP contribution in [0.2, 0.25) is 0 Å². The van der Waals surface area contributed by atoms with Crippen LogP contribution in [-0.4, -0.2) is 20.2 Å². The lowest BCUT2D eigenvalue weighted by Gasteiger charge is -2.10. The van der Waals surface area contributed by atoms with Crippen LogP contribution in [0.5, 0.6) is 0 Å². The molecule has 0 aliphatic carbocycles. The van der Waals surface area contributed by atoms with Gasteiger partial charge < -0.3 is 10.2 Å². The largest absolute Gasteiger partial charge is 0.414 e. The number of aromatic nitrogens is 4. The fourth-order valence-electron chi connectivity index (χ4n) is 2.79. The van der Waals surface area contributed by atoms with Crippen molar-refractivity contribution in [3.8, 4) is 34.3 Å². The average Bonchev–Trinajstić information content (AvgIpc) is 3.19. The van der Waals surface area contributed by atoms with Crippen LogP contribution in [0.1, 0.15) is 25.3 Å². The molecule has 6 heteroatoms. The first kappa shape index (κ1) is 16.7. The van der Waals surface area contributed by atoms with Crippen LogP contribution in [-0.2, 0) is 0 Å². The van der Waals surface area contributed by atoms with E-state index in [1.807, 2.05) is 42.5 Å². The molecule has 0 aliphatic heterocycles. The zero-order valence-corrected chi connectivity index (χ0v) is 15.0. The summed E-state index contributed by atoms with van der Waals surface area (Å²) in [5.41, 5.74) is 9.79. The van der Waals surface area contributed by atoms with Crippen molar-refractivity contribution in [2.45, 2.75) is 19.8 Å². The minimum absolute atomic E-state index is 0.228. The predicted molar refractivity (Wildman–Crippen MR) is 102 cm³/mol.